The van der Waals surface area contributed by atoms with Crippen LogP contribution in [-0.2, 0) is 0 Å². The lowest BCUT2D eigenvalue weighted by atomic mass is 10.0. The fourth-order valence-corrected chi connectivity index (χ4v) is 2.73. The molecule has 0 aliphatic carbocycles. The summed E-state index contributed by atoms with van der Waals surface area (Å²) < 4.78 is 13.5. The van der Waals surface area contributed by atoms with Gasteiger partial charge in [0.1, 0.15) is 5.82 Å². The van der Waals surface area contributed by atoms with Crippen molar-refractivity contribution in [2.75, 3.05) is 24.5 Å². The number of β-amino-alcohol motifs (C(OH)–C–C–N with tert-alkyl or cyclic N) is 1. The molecule has 1 heterocycles. The number of rotatable bonds is 4. The van der Waals surface area contributed by atoms with Crippen LogP contribution in [-0.4, -0.2) is 30.3 Å². The number of halogens is 1. The molecule has 0 radical (unpaired) electrons. The molecule has 2 unspecified atom stereocenters. The first-order valence-corrected chi connectivity index (χ1v) is 6.93. The minimum absolute atomic E-state index is 0.0984. The average molecular weight is 266 g/mol. The fraction of sp³-hybridized carbons (Fsp3) is 0.600. The molecule has 0 amide bonds. The molecule has 19 heavy (non-hydrogen) atoms. The zero-order valence-corrected chi connectivity index (χ0v) is 11.9. The van der Waals surface area contributed by atoms with Crippen LogP contribution in [0.4, 0.5) is 10.1 Å². The Morgan fingerprint density at radius 2 is 2.26 bits per heavy atom. The van der Waals surface area contributed by atoms with Crippen molar-refractivity contribution in [3.05, 3.63) is 29.6 Å². The Labute approximate surface area is 114 Å². The molecule has 1 fully saturated rings. The van der Waals surface area contributed by atoms with Crippen molar-refractivity contribution in [1.29, 1.82) is 0 Å². The van der Waals surface area contributed by atoms with Gasteiger partial charge in [-0.2, -0.15) is 0 Å². The SMILES string of the molecule is CCNC(C)c1cc(F)ccc1N1CCC(C)(O)C1. The molecule has 1 aromatic rings. The lowest BCUT2D eigenvalue weighted by Gasteiger charge is -2.26. The molecule has 0 spiro atoms. The number of hydrogen-bond acceptors (Lipinski definition) is 3. The van der Waals surface area contributed by atoms with E-state index in [9.17, 15) is 9.50 Å². The second-order valence-corrected chi connectivity index (χ2v) is 5.65. The van der Waals surface area contributed by atoms with Crippen LogP contribution in [0, 0.1) is 5.82 Å². The maximum atomic E-state index is 13.5. The molecular formula is C15H23FN2O. The standard InChI is InChI=1S/C15H23FN2O/c1-4-17-11(2)13-9-12(16)5-6-14(13)18-8-7-15(3,19)10-18/h5-6,9,11,17,19H,4,7-8,10H2,1-3H3. The fourth-order valence-electron chi connectivity index (χ4n) is 2.73. The quantitative estimate of drug-likeness (QED) is 0.878. The van der Waals surface area contributed by atoms with Crippen molar-refractivity contribution in [3.8, 4) is 0 Å². The van der Waals surface area contributed by atoms with Gasteiger partial charge in [0.25, 0.3) is 0 Å². The van der Waals surface area contributed by atoms with E-state index in [0.717, 1.165) is 30.8 Å². The van der Waals surface area contributed by atoms with Gasteiger partial charge < -0.3 is 15.3 Å². The molecule has 1 saturated heterocycles. The predicted molar refractivity (Wildman–Crippen MR) is 75.9 cm³/mol. The van der Waals surface area contributed by atoms with E-state index in [2.05, 4.69) is 10.2 Å². The Bertz CT molecular complexity index is 448. The van der Waals surface area contributed by atoms with Crippen LogP contribution in [0.2, 0.25) is 0 Å². The van der Waals surface area contributed by atoms with E-state index in [1.165, 1.54) is 6.07 Å². The van der Waals surface area contributed by atoms with Gasteiger partial charge in [0.15, 0.2) is 0 Å². The molecular weight excluding hydrogens is 243 g/mol. The highest BCUT2D eigenvalue weighted by Gasteiger charge is 2.32. The molecule has 2 N–H and O–H groups in total. The summed E-state index contributed by atoms with van der Waals surface area (Å²) in [6.07, 6.45) is 0.749. The first-order valence-electron chi connectivity index (χ1n) is 6.93. The number of nitrogens with zero attached hydrogens (tertiary/aromatic N) is 1. The third kappa shape index (κ3) is 3.25. The van der Waals surface area contributed by atoms with Gasteiger partial charge in [-0.3, -0.25) is 0 Å². The van der Waals surface area contributed by atoms with Crippen LogP contribution < -0.4 is 10.2 Å². The van der Waals surface area contributed by atoms with E-state index < -0.39 is 5.60 Å². The molecule has 1 aliphatic heterocycles. The van der Waals surface area contributed by atoms with E-state index in [-0.39, 0.29) is 11.9 Å². The summed E-state index contributed by atoms with van der Waals surface area (Å²) in [5.74, 6) is -0.213. The third-order valence-electron chi connectivity index (χ3n) is 3.76. The zero-order chi connectivity index (χ0) is 14.0. The smallest absolute Gasteiger partial charge is 0.123 e. The highest BCUT2D eigenvalue weighted by Crippen LogP contribution is 2.32. The van der Waals surface area contributed by atoms with Gasteiger partial charge in [-0.25, -0.2) is 4.39 Å². The molecule has 4 heteroatoms. The normalized spacial score (nSPS) is 24.8. The Hall–Kier alpha value is -1.13. The molecule has 2 rings (SSSR count). The highest BCUT2D eigenvalue weighted by molar-refractivity contribution is 5.56. The van der Waals surface area contributed by atoms with Gasteiger partial charge in [0.2, 0.25) is 0 Å². The number of anilines is 1. The van der Waals surface area contributed by atoms with Crippen molar-refractivity contribution in [2.24, 2.45) is 0 Å². The van der Waals surface area contributed by atoms with Crippen molar-refractivity contribution >= 4 is 5.69 Å². The number of hydrogen-bond donors (Lipinski definition) is 2. The Morgan fingerprint density at radius 1 is 1.53 bits per heavy atom. The molecule has 1 aromatic carbocycles. The van der Waals surface area contributed by atoms with E-state index in [0.29, 0.717) is 6.54 Å². The van der Waals surface area contributed by atoms with E-state index in [1.807, 2.05) is 26.8 Å². The van der Waals surface area contributed by atoms with Gasteiger partial charge >= 0.3 is 0 Å². The lowest BCUT2D eigenvalue weighted by molar-refractivity contribution is 0.0839. The Morgan fingerprint density at radius 3 is 2.84 bits per heavy atom. The van der Waals surface area contributed by atoms with Crippen molar-refractivity contribution < 1.29 is 9.50 Å². The van der Waals surface area contributed by atoms with E-state index >= 15 is 0 Å². The highest BCUT2D eigenvalue weighted by atomic mass is 19.1. The maximum Gasteiger partial charge on any atom is 0.123 e. The van der Waals surface area contributed by atoms with Crippen LogP contribution >= 0.6 is 0 Å². The van der Waals surface area contributed by atoms with Gasteiger partial charge in [-0.1, -0.05) is 6.92 Å². The van der Waals surface area contributed by atoms with Crippen LogP contribution in [0.5, 0.6) is 0 Å². The number of nitrogens with one attached hydrogen (secondary N) is 1. The van der Waals surface area contributed by atoms with E-state index in [1.54, 1.807) is 6.07 Å². The summed E-state index contributed by atoms with van der Waals surface area (Å²) in [5.41, 5.74) is 1.33. The lowest BCUT2D eigenvalue weighted by Crippen LogP contribution is -2.31. The molecule has 1 aliphatic rings. The second kappa shape index (κ2) is 5.47. The minimum atomic E-state index is -0.646. The summed E-state index contributed by atoms with van der Waals surface area (Å²) in [4.78, 5) is 2.14. The van der Waals surface area contributed by atoms with Crippen LogP contribution in [0.1, 0.15) is 38.8 Å². The maximum absolute atomic E-state index is 13.5. The monoisotopic (exact) mass is 266 g/mol. The summed E-state index contributed by atoms with van der Waals surface area (Å²) in [7, 11) is 0. The van der Waals surface area contributed by atoms with Gasteiger partial charge in [0.05, 0.1) is 5.60 Å². The van der Waals surface area contributed by atoms with Crippen LogP contribution in [0.15, 0.2) is 18.2 Å². The largest absolute Gasteiger partial charge is 0.388 e. The molecule has 3 nitrogen and oxygen atoms in total. The molecule has 0 saturated carbocycles. The molecule has 106 valence electrons. The van der Waals surface area contributed by atoms with Crippen molar-refractivity contribution in [1.82, 2.24) is 5.32 Å². The minimum Gasteiger partial charge on any atom is -0.388 e. The van der Waals surface area contributed by atoms with Crippen LogP contribution in [0.25, 0.3) is 0 Å². The van der Waals surface area contributed by atoms with Crippen molar-refractivity contribution in [3.63, 3.8) is 0 Å². The summed E-state index contributed by atoms with van der Waals surface area (Å²) in [5, 5.41) is 13.4. The molecule has 0 bridgehead atoms. The topological polar surface area (TPSA) is 35.5 Å². The van der Waals surface area contributed by atoms with Gasteiger partial charge in [0, 0.05) is 24.8 Å². The molecule has 2 atom stereocenters. The Balaban J connectivity index is 2.29. The van der Waals surface area contributed by atoms with Gasteiger partial charge in [-0.05, 0) is 50.6 Å². The molecule has 0 aromatic heterocycles. The predicted octanol–water partition coefficient (Wildman–Crippen LogP) is 2.46. The van der Waals surface area contributed by atoms with E-state index in [4.69, 9.17) is 0 Å². The third-order valence-corrected chi connectivity index (χ3v) is 3.76. The number of benzene rings is 1. The van der Waals surface area contributed by atoms with Crippen LogP contribution in [0.3, 0.4) is 0 Å². The Kier molecular flexibility index (Phi) is 4.11. The summed E-state index contributed by atoms with van der Waals surface area (Å²) in [6, 6.07) is 5.00. The van der Waals surface area contributed by atoms with Crippen molar-refractivity contribution in [2.45, 2.75) is 38.8 Å². The first kappa shape index (κ1) is 14.3. The number of aliphatic hydroxyl groups is 1. The summed E-state index contributed by atoms with van der Waals surface area (Å²) >= 11 is 0. The summed E-state index contributed by atoms with van der Waals surface area (Å²) in [6.45, 7) is 8.18. The average Bonchev–Trinajstić information content (AvgIpc) is 2.70. The first-order chi connectivity index (χ1) is 8.93. The second-order valence-electron chi connectivity index (χ2n) is 5.65. The zero-order valence-electron chi connectivity index (χ0n) is 11.9. The van der Waals surface area contributed by atoms with Gasteiger partial charge in [-0.15, -0.1) is 0 Å².